The van der Waals surface area contributed by atoms with Gasteiger partial charge in [-0.2, -0.15) is 0 Å². The van der Waals surface area contributed by atoms with E-state index in [9.17, 15) is 14.7 Å². The number of aliphatic hydroxyl groups excluding tert-OH is 1. The Morgan fingerprint density at radius 1 is 0.826 bits per heavy atom. The lowest BCUT2D eigenvalue weighted by Crippen LogP contribution is -2.37. The summed E-state index contributed by atoms with van der Waals surface area (Å²) in [4.78, 5) is 23.4. The molecule has 5 nitrogen and oxygen atoms in total. The molecule has 0 spiro atoms. The van der Waals surface area contributed by atoms with Crippen molar-refractivity contribution in [1.82, 2.24) is 0 Å². The first-order valence-corrected chi connectivity index (χ1v) is 8.95. The van der Waals surface area contributed by atoms with Crippen molar-refractivity contribution in [3.8, 4) is 0 Å². The van der Waals surface area contributed by atoms with Gasteiger partial charge in [-0.25, -0.2) is 0 Å². The molecule has 0 heterocycles. The highest BCUT2D eigenvalue weighted by molar-refractivity contribution is 5.69. The largest absolute Gasteiger partial charge is 0.465 e. The summed E-state index contributed by atoms with van der Waals surface area (Å²) in [5.74, 6) is -0.502. The van der Waals surface area contributed by atoms with Crippen molar-refractivity contribution in [3.63, 3.8) is 0 Å². The van der Waals surface area contributed by atoms with Crippen molar-refractivity contribution in [2.75, 3.05) is 19.8 Å². The van der Waals surface area contributed by atoms with E-state index in [1.54, 1.807) is 0 Å². The van der Waals surface area contributed by atoms with Crippen LogP contribution in [0.15, 0.2) is 0 Å². The topological polar surface area (TPSA) is 72.8 Å². The van der Waals surface area contributed by atoms with E-state index in [4.69, 9.17) is 9.47 Å². The number of hydrogen-bond donors (Lipinski definition) is 1. The number of aliphatic hydroxyl groups is 1. The van der Waals surface area contributed by atoms with Crippen LogP contribution in [0.5, 0.6) is 0 Å². The Morgan fingerprint density at radius 2 is 1.26 bits per heavy atom. The molecule has 0 fully saturated rings. The van der Waals surface area contributed by atoms with Crippen LogP contribution in [0.2, 0.25) is 0 Å². The minimum absolute atomic E-state index is 0.0905. The highest BCUT2D eigenvalue weighted by Crippen LogP contribution is 2.23. The first-order valence-electron chi connectivity index (χ1n) is 8.95. The van der Waals surface area contributed by atoms with E-state index in [-0.39, 0.29) is 31.8 Å². The van der Waals surface area contributed by atoms with Crippen LogP contribution in [0.3, 0.4) is 0 Å². The van der Waals surface area contributed by atoms with E-state index in [1.165, 1.54) is 0 Å². The third kappa shape index (κ3) is 10.3. The van der Waals surface area contributed by atoms with Crippen LogP contribution < -0.4 is 0 Å². The molecule has 0 aliphatic carbocycles. The fourth-order valence-corrected chi connectivity index (χ4v) is 2.10. The second-order valence-electron chi connectivity index (χ2n) is 6.25. The highest BCUT2D eigenvalue weighted by atomic mass is 16.5. The molecule has 0 unspecified atom stereocenters. The van der Waals surface area contributed by atoms with Gasteiger partial charge in [0.15, 0.2) is 0 Å². The van der Waals surface area contributed by atoms with Crippen LogP contribution in [0.4, 0.5) is 0 Å². The summed E-state index contributed by atoms with van der Waals surface area (Å²) in [5.41, 5.74) is -0.694. The molecule has 0 rings (SSSR count). The number of ether oxygens (including phenoxy) is 2. The predicted molar refractivity (Wildman–Crippen MR) is 90.0 cm³/mol. The Balaban J connectivity index is 4.23. The number of carbonyl (C=O) groups is 2. The third-order valence-corrected chi connectivity index (χ3v) is 4.13. The molecule has 0 saturated carbocycles. The zero-order valence-corrected chi connectivity index (χ0v) is 15.1. The first kappa shape index (κ1) is 21.9. The molecule has 0 atom stereocenters. The first-order chi connectivity index (χ1) is 11.0. The molecule has 136 valence electrons. The van der Waals surface area contributed by atoms with E-state index in [0.717, 1.165) is 38.5 Å². The summed E-state index contributed by atoms with van der Waals surface area (Å²) in [6, 6.07) is 0. The van der Waals surface area contributed by atoms with Crippen molar-refractivity contribution in [2.24, 2.45) is 5.41 Å². The molecule has 5 heteroatoms. The number of esters is 2. The van der Waals surface area contributed by atoms with E-state index in [1.807, 2.05) is 6.92 Å². The molecule has 0 aromatic carbocycles. The van der Waals surface area contributed by atoms with Gasteiger partial charge < -0.3 is 14.6 Å². The summed E-state index contributed by atoms with van der Waals surface area (Å²) in [6.07, 6.45) is 7.13. The fourth-order valence-electron chi connectivity index (χ4n) is 2.10. The minimum atomic E-state index is -0.694. The molecule has 0 aromatic rings. The van der Waals surface area contributed by atoms with Crippen molar-refractivity contribution >= 4 is 11.9 Å². The molecule has 0 radical (unpaired) electrons. The van der Waals surface area contributed by atoms with Crippen LogP contribution in [-0.2, 0) is 19.1 Å². The standard InChI is InChI=1S/C18H34O5/c1-4-7-9-11-16(20)22-14-18(6-3,13-19)15-23-17(21)12-10-8-5-2/h19H,4-15H2,1-3H3. The fraction of sp³-hybridized carbons (Fsp3) is 0.889. The second-order valence-corrected chi connectivity index (χ2v) is 6.25. The molecule has 0 saturated heterocycles. The van der Waals surface area contributed by atoms with Crippen molar-refractivity contribution in [2.45, 2.75) is 78.6 Å². The van der Waals surface area contributed by atoms with Crippen molar-refractivity contribution in [1.29, 1.82) is 0 Å². The van der Waals surface area contributed by atoms with Gasteiger partial charge in [0.25, 0.3) is 0 Å². The number of hydrogen-bond acceptors (Lipinski definition) is 5. The average Bonchev–Trinajstić information content (AvgIpc) is 2.56. The molecule has 0 bridgehead atoms. The SMILES string of the molecule is CCCCCC(=O)OCC(CC)(CO)COC(=O)CCCCC. The molecule has 1 N–H and O–H groups in total. The summed E-state index contributed by atoms with van der Waals surface area (Å²) < 4.78 is 10.6. The Hall–Kier alpha value is -1.10. The Labute approximate surface area is 140 Å². The van der Waals surface area contributed by atoms with Gasteiger partial charge in [-0.05, 0) is 19.3 Å². The van der Waals surface area contributed by atoms with E-state index in [0.29, 0.717) is 19.3 Å². The van der Waals surface area contributed by atoms with Crippen LogP contribution in [0.1, 0.15) is 78.6 Å². The molecule has 0 aliphatic rings. The Bertz CT molecular complexity index is 295. The van der Waals surface area contributed by atoms with Crippen LogP contribution in [-0.4, -0.2) is 36.9 Å². The third-order valence-electron chi connectivity index (χ3n) is 4.13. The summed E-state index contributed by atoms with van der Waals surface area (Å²) >= 11 is 0. The van der Waals surface area contributed by atoms with Crippen molar-refractivity contribution in [3.05, 3.63) is 0 Å². The lowest BCUT2D eigenvalue weighted by Gasteiger charge is -2.29. The highest BCUT2D eigenvalue weighted by Gasteiger charge is 2.31. The zero-order chi connectivity index (χ0) is 17.6. The van der Waals surface area contributed by atoms with Crippen molar-refractivity contribution < 1.29 is 24.2 Å². The molecule has 0 aromatic heterocycles. The molecule has 0 amide bonds. The molecule has 0 aliphatic heterocycles. The lowest BCUT2D eigenvalue weighted by atomic mass is 9.88. The zero-order valence-electron chi connectivity index (χ0n) is 15.1. The van der Waals surface area contributed by atoms with Gasteiger partial charge in [-0.1, -0.05) is 46.5 Å². The van der Waals surface area contributed by atoms with E-state index >= 15 is 0 Å². The molecular formula is C18H34O5. The number of unbranched alkanes of at least 4 members (excludes halogenated alkanes) is 4. The maximum Gasteiger partial charge on any atom is 0.305 e. The predicted octanol–water partition coefficient (Wildman–Crippen LogP) is 3.62. The number of rotatable bonds is 14. The van der Waals surface area contributed by atoms with Gasteiger partial charge in [0.05, 0.1) is 12.0 Å². The smallest absolute Gasteiger partial charge is 0.305 e. The quantitative estimate of drug-likeness (QED) is 0.389. The van der Waals surface area contributed by atoms with Gasteiger partial charge in [0.1, 0.15) is 13.2 Å². The second kappa shape index (κ2) is 13.3. The minimum Gasteiger partial charge on any atom is -0.465 e. The average molecular weight is 330 g/mol. The monoisotopic (exact) mass is 330 g/mol. The van der Waals surface area contributed by atoms with E-state index < -0.39 is 5.41 Å². The van der Waals surface area contributed by atoms with Gasteiger partial charge in [0.2, 0.25) is 0 Å². The van der Waals surface area contributed by atoms with Gasteiger partial charge in [-0.15, -0.1) is 0 Å². The van der Waals surface area contributed by atoms with Crippen LogP contribution in [0.25, 0.3) is 0 Å². The van der Waals surface area contributed by atoms with Gasteiger partial charge >= 0.3 is 11.9 Å². The molecule has 23 heavy (non-hydrogen) atoms. The summed E-state index contributed by atoms with van der Waals surface area (Å²) in [6.45, 7) is 6.06. The van der Waals surface area contributed by atoms with E-state index in [2.05, 4.69) is 13.8 Å². The van der Waals surface area contributed by atoms with Gasteiger partial charge in [-0.3, -0.25) is 9.59 Å². The summed E-state index contributed by atoms with van der Waals surface area (Å²) in [7, 11) is 0. The lowest BCUT2D eigenvalue weighted by molar-refractivity contribution is -0.156. The summed E-state index contributed by atoms with van der Waals surface area (Å²) in [5, 5.41) is 9.65. The number of carbonyl (C=O) groups excluding carboxylic acids is 2. The normalized spacial score (nSPS) is 11.3. The van der Waals surface area contributed by atoms with Crippen LogP contribution >= 0.6 is 0 Å². The van der Waals surface area contributed by atoms with Crippen LogP contribution in [0, 0.1) is 5.41 Å². The Kier molecular flexibility index (Phi) is 12.7. The maximum absolute atomic E-state index is 11.7. The Morgan fingerprint density at radius 3 is 1.57 bits per heavy atom. The maximum atomic E-state index is 11.7. The molecular weight excluding hydrogens is 296 g/mol. The van der Waals surface area contributed by atoms with Gasteiger partial charge in [0, 0.05) is 12.8 Å².